The Balaban J connectivity index is 1.95. The molecule has 0 unspecified atom stereocenters. The van der Waals surface area contributed by atoms with Gasteiger partial charge in [-0.15, -0.1) is 0 Å². The Bertz CT molecular complexity index is 473. The van der Waals surface area contributed by atoms with Gasteiger partial charge in [0.2, 0.25) is 0 Å². The maximum atomic E-state index is 12.4. The Hall–Kier alpha value is -1.42. The number of fused-ring (bicyclic) bond motifs is 1. The second-order valence-corrected chi connectivity index (χ2v) is 5.50. The summed E-state index contributed by atoms with van der Waals surface area (Å²) in [5.74, 6) is 0.170. The summed E-state index contributed by atoms with van der Waals surface area (Å²) in [5, 5.41) is 0. The van der Waals surface area contributed by atoms with Crippen molar-refractivity contribution in [3.63, 3.8) is 0 Å². The van der Waals surface area contributed by atoms with Gasteiger partial charge in [-0.05, 0) is 43.7 Å². The SMILES string of the molecule is NC(=S)CCCCN1CCCc2ccccc2C1=O. The van der Waals surface area contributed by atoms with Gasteiger partial charge < -0.3 is 10.6 Å². The molecule has 1 amide bonds. The lowest BCUT2D eigenvalue weighted by atomic mass is 10.0. The Morgan fingerprint density at radius 1 is 1.32 bits per heavy atom. The van der Waals surface area contributed by atoms with Crippen molar-refractivity contribution in [1.82, 2.24) is 4.90 Å². The minimum absolute atomic E-state index is 0.170. The maximum Gasteiger partial charge on any atom is 0.254 e. The summed E-state index contributed by atoms with van der Waals surface area (Å²) in [7, 11) is 0. The van der Waals surface area contributed by atoms with Crippen molar-refractivity contribution in [2.24, 2.45) is 5.73 Å². The van der Waals surface area contributed by atoms with Crippen LogP contribution in [0.15, 0.2) is 24.3 Å². The van der Waals surface area contributed by atoms with Gasteiger partial charge in [-0.3, -0.25) is 4.79 Å². The molecular formula is C15H20N2OS. The van der Waals surface area contributed by atoms with Crippen LogP contribution in [0, 0.1) is 0 Å². The fourth-order valence-corrected chi connectivity index (χ4v) is 2.64. The Labute approximate surface area is 119 Å². The highest BCUT2D eigenvalue weighted by atomic mass is 32.1. The van der Waals surface area contributed by atoms with E-state index in [-0.39, 0.29) is 5.91 Å². The number of benzene rings is 1. The van der Waals surface area contributed by atoms with Crippen LogP contribution in [0.2, 0.25) is 0 Å². The quantitative estimate of drug-likeness (QED) is 0.664. The molecular weight excluding hydrogens is 256 g/mol. The van der Waals surface area contributed by atoms with Gasteiger partial charge in [0.05, 0.1) is 4.99 Å². The molecule has 0 bridgehead atoms. The van der Waals surface area contributed by atoms with Crippen molar-refractivity contribution in [2.45, 2.75) is 32.1 Å². The molecule has 0 aromatic heterocycles. The van der Waals surface area contributed by atoms with E-state index in [1.807, 2.05) is 23.1 Å². The lowest BCUT2D eigenvalue weighted by Gasteiger charge is -2.20. The molecule has 0 aliphatic carbocycles. The van der Waals surface area contributed by atoms with Crippen molar-refractivity contribution in [2.75, 3.05) is 13.1 Å². The number of aryl methyl sites for hydroxylation is 1. The predicted octanol–water partition coefficient (Wildman–Crippen LogP) is 2.53. The molecule has 0 saturated carbocycles. The lowest BCUT2D eigenvalue weighted by Crippen LogP contribution is -2.32. The molecule has 3 nitrogen and oxygen atoms in total. The molecule has 4 heteroatoms. The number of nitrogens with zero attached hydrogens (tertiary/aromatic N) is 1. The van der Waals surface area contributed by atoms with Gasteiger partial charge in [0, 0.05) is 18.7 Å². The first-order valence-corrected chi connectivity index (χ1v) is 7.25. The van der Waals surface area contributed by atoms with Crippen molar-refractivity contribution in [1.29, 1.82) is 0 Å². The van der Waals surface area contributed by atoms with E-state index in [0.717, 1.165) is 50.8 Å². The first-order valence-electron chi connectivity index (χ1n) is 6.84. The second kappa shape index (κ2) is 6.66. The number of rotatable bonds is 5. The minimum atomic E-state index is 0.170. The summed E-state index contributed by atoms with van der Waals surface area (Å²) < 4.78 is 0. The van der Waals surface area contributed by atoms with Gasteiger partial charge in [-0.25, -0.2) is 0 Å². The van der Waals surface area contributed by atoms with Crippen LogP contribution in [0.1, 0.15) is 41.6 Å². The van der Waals surface area contributed by atoms with Crippen LogP contribution in [0.3, 0.4) is 0 Å². The molecule has 0 saturated heterocycles. The topological polar surface area (TPSA) is 46.3 Å². The van der Waals surface area contributed by atoms with Crippen molar-refractivity contribution in [3.8, 4) is 0 Å². The van der Waals surface area contributed by atoms with Crippen molar-refractivity contribution < 1.29 is 4.79 Å². The van der Waals surface area contributed by atoms with E-state index < -0.39 is 0 Å². The van der Waals surface area contributed by atoms with E-state index >= 15 is 0 Å². The Morgan fingerprint density at radius 2 is 2.11 bits per heavy atom. The average molecular weight is 276 g/mol. The Morgan fingerprint density at radius 3 is 2.89 bits per heavy atom. The number of thiocarbonyl (C=S) groups is 1. The fraction of sp³-hybridized carbons (Fsp3) is 0.467. The van der Waals surface area contributed by atoms with Gasteiger partial charge in [-0.1, -0.05) is 30.4 Å². The molecule has 0 spiro atoms. The lowest BCUT2D eigenvalue weighted by molar-refractivity contribution is 0.0758. The number of carbonyl (C=O) groups is 1. The van der Waals surface area contributed by atoms with Gasteiger partial charge in [0.1, 0.15) is 0 Å². The van der Waals surface area contributed by atoms with E-state index in [2.05, 4.69) is 6.07 Å². The first-order chi connectivity index (χ1) is 9.18. The third-order valence-electron chi connectivity index (χ3n) is 3.51. The van der Waals surface area contributed by atoms with E-state index in [4.69, 9.17) is 18.0 Å². The Kier molecular flexibility index (Phi) is 4.91. The van der Waals surface area contributed by atoms with E-state index in [9.17, 15) is 4.79 Å². The molecule has 0 fully saturated rings. The highest BCUT2D eigenvalue weighted by Gasteiger charge is 2.21. The summed E-state index contributed by atoms with van der Waals surface area (Å²) in [4.78, 5) is 15.0. The van der Waals surface area contributed by atoms with Crippen molar-refractivity contribution >= 4 is 23.1 Å². The van der Waals surface area contributed by atoms with Crippen LogP contribution in [0.4, 0.5) is 0 Å². The number of unbranched alkanes of at least 4 members (excludes halogenated alkanes) is 1. The zero-order valence-electron chi connectivity index (χ0n) is 11.1. The highest BCUT2D eigenvalue weighted by Crippen LogP contribution is 2.18. The fourth-order valence-electron chi connectivity index (χ4n) is 2.49. The van der Waals surface area contributed by atoms with Gasteiger partial charge in [-0.2, -0.15) is 0 Å². The van der Waals surface area contributed by atoms with Crippen LogP contribution in [-0.4, -0.2) is 28.9 Å². The molecule has 2 N–H and O–H groups in total. The number of hydrogen-bond donors (Lipinski definition) is 1. The normalized spacial score (nSPS) is 14.9. The van der Waals surface area contributed by atoms with Crippen LogP contribution in [-0.2, 0) is 6.42 Å². The molecule has 0 atom stereocenters. The van der Waals surface area contributed by atoms with Crippen LogP contribution in [0.25, 0.3) is 0 Å². The molecule has 19 heavy (non-hydrogen) atoms. The molecule has 0 radical (unpaired) electrons. The number of hydrogen-bond acceptors (Lipinski definition) is 2. The molecule has 1 heterocycles. The molecule has 2 rings (SSSR count). The monoisotopic (exact) mass is 276 g/mol. The van der Waals surface area contributed by atoms with Gasteiger partial charge >= 0.3 is 0 Å². The number of nitrogens with two attached hydrogens (primary N) is 1. The summed E-state index contributed by atoms with van der Waals surface area (Å²) in [6.07, 6.45) is 4.73. The van der Waals surface area contributed by atoms with Crippen LogP contribution >= 0.6 is 12.2 Å². The third-order valence-corrected chi connectivity index (χ3v) is 3.71. The molecule has 1 aliphatic rings. The zero-order valence-corrected chi connectivity index (χ0v) is 11.9. The highest BCUT2D eigenvalue weighted by molar-refractivity contribution is 7.80. The largest absolute Gasteiger partial charge is 0.393 e. The summed E-state index contributed by atoms with van der Waals surface area (Å²) >= 11 is 4.86. The minimum Gasteiger partial charge on any atom is -0.393 e. The number of amides is 1. The predicted molar refractivity (Wildman–Crippen MR) is 81.3 cm³/mol. The smallest absolute Gasteiger partial charge is 0.254 e. The van der Waals surface area contributed by atoms with Crippen molar-refractivity contribution in [3.05, 3.63) is 35.4 Å². The van der Waals surface area contributed by atoms with Gasteiger partial charge in [0.15, 0.2) is 0 Å². The van der Waals surface area contributed by atoms with Crippen LogP contribution < -0.4 is 5.73 Å². The number of carbonyl (C=O) groups excluding carboxylic acids is 1. The standard InChI is InChI=1S/C15H20N2OS/c16-14(19)9-3-4-10-17-11-5-7-12-6-1-2-8-13(12)15(17)18/h1-2,6,8H,3-5,7,9-11H2,(H2,16,19). The van der Waals surface area contributed by atoms with E-state index in [0.29, 0.717) is 4.99 Å². The zero-order chi connectivity index (χ0) is 13.7. The van der Waals surface area contributed by atoms with E-state index in [1.54, 1.807) is 0 Å². The molecule has 1 aromatic rings. The average Bonchev–Trinajstić information content (AvgIpc) is 2.55. The molecule has 102 valence electrons. The molecule has 1 aromatic carbocycles. The van der Waals surface area contributed by atoms with Gasteiger partial charge in [0.25, 0.3) is 5.91 Å². The first kappa shape index (κ1) is 14.0. The van der Waals surface area contributed by atoms with Crippen LogP contribution in [0.5, 0.6) is 0 Å². The maximum absolute atomic E-state index is 12.4. The second-order valence-electron chi connectivity index (χ2n) is 4.98. The van der Waals surface area contributed by atoms with E-state index in [1.165, 1.54) is 5.56 Å². The summed E-state index contributed by atoms with van der Waals surface area (Å²) in [6.45, 7) is 1.65. The molecule has 1 aliphatic heterocycles. The third kappa shape index (κ3) is 3.77. The summed E-state index contributed by atoms with van der Waals surface area (Å²) in [5.41, 5.74) is 7.53. The summed E-state index contributed by atoms with van der Waals surface area (Å²) in [6, 6.07) is 7.94.